The average molecular weight is 505 g/mol. The zero-order valence-corrected chi connectivity index (χ0v) is 20.7. The minimum Gasteiger partial charge on any atom is -0.474 e. The van der Waals surface area contributed by atoms with Gasteiger partial charge in [-0.3, -0.25) is 4.79 Å². The van der Waals surface area contributed by atoms with E-state index in [0.29, 0.717) is 6.54 Å². The van der Waals surface area contributed by atoms with Gasteiger partial charge >= 0.3 is 0 Å². The molecule has 0 saturated carbocycles. The van der Waals surface area contributed by atoms with Crippen LogP contribution in [0.1, 0.15) is 56.2 Å². The standard InChI is InChI=1S/C22H27ClF2N2O5S/c1-11(2)17-15(18(12(3)4)21(25)19(23)20(17)24)6-13(28)10-33(29,30)16-7-26-27-8-14(31-5)9-32-22(16)27/h7,11-12,14H,6,8-10H2,1-5H3. The van der Waals surface area contributed by atoms with Gasteiger partial charge in [-0.05, 0) is 28.5 Å². The molecule has 0 spiro atoms. The van der Waals surface area contributed by atoms with Crippen molar-refractivity contribution >= 4 is 27.2 Å². The number of hydrogen-bond donors (Lipinski definition) is 0. The van der Waals surface area contributed by atoms with Crippen LogP contribution in [0.2, 0.25) is 5.02 Å². The highest BCUT2D eigenvalue weighted by atomic mass is 35.5. The van der Waals surface area contributed by atoms with E-state index in [0.717, 1.165) is 6.20 Å². The molecule has 0 fully saturated rings. The smallest absolute Gasteiger partial charge is 0.231 e. The van der Waals surface area contributed by atoms with E-state index >= 15 is 0 Å². The Morgan fingerprint density at radius 3 is 2.33 bits per heavy atom. The first-order valence-electron chi connectivity index (χ1n) is 10.5. The van der Waals surface area contributed by atoms with Gasteiger partial charge in [0.25, 0.3) is 0 Å². The van der Waals surface area contributed by atoms with E-state index in [1.807, 2.05) is 0 Å². The monoisotopic (exact) mass is 504 g/mol. The molecule has 1 atom stereocenters. The van der Waals surface area contributed by atoms with Crippen molar-refractivity contribution in [3.63, 3.8) is 0 Å². The van der Waals surface area contributed by atoms with E-state index in [4.69, 9.17) is 21.1 Å². The van der Waals surface area contributed by atoms with Crippen LogP contribution < -0.4 is 4.74 Å². The number of rotatable bonds is 8. The van der Waals surface area contributed by atoms with E-state index in [1.54, 1.807) is 27.7 Å². The van der Waals surface area contributed by atoms with E-state index < -0.39 is 56.3 Å². The first-order valence-corrected chi connectivity index (χ1v) is 12.6. The van der Waals surface area contributed by atoms with E-state index in [2.05, 4.69) is 5.10 Å². The molecule has 0 amide bonds. The van der Waals surface area contributed by atoms with Gasteiger partial charge in [0.1, 0.15) is 40.0 Å². The van der Waals surface area contributed by atoms with Crippen molar-refractivity contribution in [2.24, 2.45) is 0 Å². The molecule has 0 bridgehead atoms. The third-order valence-corrected chi connectivity index (χ3v) is 7.58. The summed E-state index contributed by atoms with van der Waals surface area (Å²) in [6.07, 6.45) is 0.422. The maximum atomic E-state index is 14.8. The number of aromatic nitrogens is 2. The van der Waals surface area contributed by atoms with Crippen LogP contribution in [0.5, 0.6) is 5.88 Å². The highest BCUT2D eigenvalue weighted by Crippen LogP contribution is 2.38. The third-order valence-electron chi connectivity index (χ3n) is 5.60. The van der Waals surface area contributed by atoms with Crippen LogP contribution >= 0.6 is 11.6 Å². The quantitative estimate of drug-likeness (QED) is 0.504. The maximum Gasteiger partial charge on any atom is 0.231 e. The first-order chi connectivity index (χ1) is 15.4. The van der Waals surface area contributed by atoms with Crippen LogP contribution in [0.3, 0.4) is 0 Å². The number of methoxy groups -OCH3 is 1. The number of benzene rings is 1. The summed E-state index contributed by atoms with van der Waals surface area (Å²) in [7, 11) is -2.60. The Bertz CT molecular complexity index is 1140. The lowest BCUT2D eigenvalue weighted by Gasteiger charge is -2.23. The number of fused-ring (bicyclic) bond motifs is 1. The number of ether oxygens (including phenoxy) is 2. The largest absolute Gasteiger partial charge is 0.474 e. The molecule has 2 heterocycles. The fourth-order valence-corrected chi connectivity index (χ4v) is 5.60. The van der Waals surface area contributed by atoms with Crippen LogP contribution in [0, 0.1) is 11.6 Å². The van der Waals surface area contributed by atoms with Gasteiger partial charge in [0.15, 0.2) is 15.6 Å². The molecule has 182 valence electrons. The first kappa shape index (κ1) is 25.6. The van der Waals surface area contributed by atoms with Gasteiger partial charge in [0.2, 0.25) is 5.88 Å². The number of nitrogens with zero attached hydrogens (tertiary/aromatic N) is 2. The summed E-state index contributed by atoms with van der Waals surface area (Å²) < 4.78 is 67.7. The van der Waals surface area contributed by atoms with E-state index in [-0.39, 0.29) is 40.2 Å². The minimum absolute atomic E-state index is 0.0467. The van der Waals surface area contributed by atoms with Crippen LogP contribution in [0.15, 0.2) is 11.1 Å². The number of ketones is 1. The molecular formula is C22H27ClF2N2O5S. The van der Waals surface area contributed by atoms with Crippen molar-refractivity contribution in [1.29, 1.82) is 0 Å². The Morgan fingerprint density at radius 1 is 1.24 bits per heavy atom. The number of carbonyl (C=O) groups excluding carboxylic acids is 1. The number of Topliss-reactive ketones (excluding diaryl/α,β-unsaturated/α-hetero) is 1. The Balaban J connectivity index is 1.94. The summed E-state index contributed by atoms with van der Waals surface area (Å²) in [5.74, 6) is -4.16. The molecule has 1 aliphatic rings. The predicted octanol–water partition coefficient (Wildman–Crippen LogP) is 4.05. The minimum atomic E-state index is -4.11. The second-order valence-corrected chi connectivity index (χ2v) is 11.0. The van der Waals surface area contributed by atoms with Gasteiger partial charge in [-0.1, -0.05) is 39.3 Å². The second-order valence-electron chi connectivity index (χ2n) is 8.70. The summed E-state index contributed by atoms with van der Waals surface area (Å²) in [5.41, 5.74) is 0.385. The van der Waals surface area contributed by atoms with Crippen LogP contribution in [0.4, 0.5) is 8.78 Å². The van der Waals surface area contributed by atoms with Gasteiger partial charge in [-0.15, -0.1) is 0 Å². The summed E-state index contributed by atoms with van der Waals surface area (Å²) >= 11 is 5.88. The molecule has 3 rings (SSSR count). The molecule has 33 heavy (non-hydrogen) atoms. The molecule has 1 aromatic heterocycles. The zero-order chi connectivity index (χ0) is 24.7. The zero-order valence-electron chi connectivity index (χ0n) is 19.1. The fourth-order valence-electron chi connectivity index (χ4n) is 4.08. The molecular weight excluding hydrogens is 478 g/mol. The van der Waals surface area contributed by atoms with Crippen LogP contribution in [-0.4, -0.2) is 49.6 Å². The van der Waals surface area contributed by atoms with E-state index in [9.17, 15) is 22.0 Å². The van der Waals surface area contributed by atoms with Crippen LogP contribution in [0.25, 0.3) is 0 Å². The molecule has 1 aliphatic heterocycles. The van der Waals surface area contributed by atoms with Crippen LogP contribution in [-0.2, 0) is 32.3 Å². The van der Waals surface area contributed by atoms with Crippen molar-refractivity contribution in [1.82, 2.24) is 9.78 Å². The lowest BCUT2D eigenvalue weighted by molar-refractivity contribution is -0.116. The Kier molecular flexibility index (Phi) is 7.50. The van der Waals surface area contributed by atoms with Crippen molar-refractivity contribution in [3.8, 4) is 5.88 Å². The number of carbonyl (C=O) groups is 1. The SMILES string of the molecule is COC1COc2c(S(=O)(=O)CC(=O)Cc3c(C(C)C)c(F)c(Cl)c(F)c3C(C)C)cnn2C1. The normalized spacial score (nSPS) is 16.2. The highest BCUT2D eigenvalue weighted by molar-refractivity contribution is 7.92. The fraction of sp³-hybridized carbons (Fsp3) is 0.545. The highest BCUT2D eigenvalue weighted by Gasteiger charge is 2.33. The summed E-state index contributed by atoms with van der Waals surface area (Å²) in [6, 6.07) is 0. The van der Waals surface area contributed by atoms with Gasteiger partial charge in [-0.25, -0.2) is 21.9 Å². The second kappa shape index (κ2) is 9.68. The third kappa shape index (κ3) is 4.93. The predicted molar refractivity (Wildman–Crippen MR) is 119 cm³/mol. The Morgan fingerprint density at radius 2 is 1.82 bits per heavy atom. The Hall–Kier alpha value is -2.04. The van der Waals surface area contributed by atoms with Gasteiger partial charge in [0.05, 0.1) is 12.7 Å². The van der Waals surface area contributed by atoms with Gasteiger partial charge in [-0.2, -0.15) is 5.10 Å². The molecule has 0 radical (unpaired) electrons. The Labute approximate surface area is 196 Å². The van der Waals surface area contributed by atoms with Gasteiger partial charge < -0.3 is 9.47 Å². The summed E-state index contributed by atoms with van der Waals surface area (Å²) in [6.45, 7) is 7.26. The number of sulfone groups is 1. The number of halogens is 3. The van der Waals surface area contributed by atoms with Crippen molar-refractivity contribution in [2.75, 3.05) is 19.5 Å². The molecule has 0 aliphatic carbocycles. The van der Waals surface area contributed by atoms with Crippen molar-refractivity contribution in [2.45, 2.75) is 63.5 Å². The molecule has 0 N–H and O–H groups in total. The van der Waals surface area contributed by atoms with Crippen molar-refractivity contribution in [3.05, 3.63) is 39.5 Å². The van der Waals surface area contributed by atoms with E-state index in [1.165, 1.54) is 11.8 Å². The summed E-state index contributed by atoms with van der Waals surface area (Å²) in [5, 5.41) is 3.41. The molecule has 11 heteroatoms. The lowest BCUT2D eigenvalue weighted by atomic mass is 9.85. The molecule has 1 aromatic carbocycles. The lowest BCUT2D eigenvalue weighted by Crippen LogP contribution is -2.32. The van der Waals surface area contributed by atoms with Crippen molar-refractivity contribution < 1.29 is 31.5 Å². The molecule has 2 aromatic rings. The topological polar surface area (TPSA) is 87.5 Å². The molecule has 7 nitrogen and oxygen atoms in total. The molecule has 1 unspecified atom stereocenters. The molecule has 0 saturated heterocycles. The summed E-state index contributed by atoms with van der Waals surface area (Å²) in [4.78, 5) is 12.7. The average Bonchev–Trinajstić information content (AvgIpc) is 3.15. The maximum absolute atomic E-state index is 14.8. The number of hydrogen-bond acceptors (Lipinski definition) is 6. The van der Waals surface area contributed by atoms with Gasteiger partial charge in [0, 0.05) is 13.5 Å².